The van der Waals surface area contributed by atoms with Gasteiger partial charge in [-0.3, -0.25) is 0 Å². The molecule has 0 aliphatic rings. The summed E-state index contributed by atoms with van der Waals surface area (Å²) in [5.74, 6) is -3.74. The van der Waals surface area contributed by atoms with Crippen molar-refractivity contribution in [3.63, 3.8) is 0 Å². The second kappa shape index (κ2) is 4.56. The molecule has 4 heteroatoms. The maximum absolute atomic E-state index is 13.9. The highest BCUT2D eigenvalue weighted by molar-refractivity contribution is 5.90. The Morgan fingerprint density at radius 2 is 1.67 bits per heavy atom. The van der Waals surface area contributed by atoms with Gasteiger partial charge in [-0.25, -0.2) is 13.6 Å². The van der Waals surface area contributed by atoms with Gasteiger partial charge in [0.2, 0.25) is 0 Å². The molecule has 18 heavy (non-hydrogen) atoms. The van der Waals surface area contributed by atoms with Gasteiger partial charge in [0.25, 0.3) is 0 Å². The predicted molar refractivity (Wildman–Crippen MR) is 63.5 cm³/mol. The summed E-state index contributed by atoms with van der Waals surface area (Å²) in [5.41, 5.74) is 0.669. The van der Waals surface area contributed by atoms with Gasteiger partial charge in [-0.1, -0.05) is 29.8 Å². The predicted octanol–water partition coefficient (Wildman–Crippen LogP) is 3.64. The Labute approximate surface area is 103 Å². The Kier molecular flexibility index (Phi) is 3.10. The van der Waals surface area contributed by atoms with Gasteiger partial charge in [0.05, 0.1) is 0 Å². The monoisotopic (exact) mass is 248 g/mol. The van der Waals surface area contributed by atoms with E-state index in [1.165, 1.54) is 6.07 Å². The van der Waals surface area contributed by atoms with Crippen molar-refractivity contribution in [2.45, 2.75) is 6.92 Å². The first kappa shape index (κ1) is 12.2. The minimum atomic E-state index is -1.61. The van der Waals surface area contributed by atoms with E-state index >= 15 is 0 Å². The number of carboxylic acids is 1. The van der Waals surface area contributed by atoms with Gasteiger partial charge in [-0.2, -0.15) is 0 Å². The summed E-state index contributed by atoms with van der Waals surface area (Å²) in [7, 11) is 0. The van der Waals surface area contributed by atoms with Crippen molar-refractivity contribution in [2.75, 3.05) is 0 Å². The van der Waals surface area contributed by atoms with Gasteiger partial charge in [0, 0.05) is 5.56 Å². The van der Waals surface area contributed by atoms with Crippen LogP contribution in [0.5, 0.6) is 0 Å². The summed E-state index contributed by atoms with van der Waals surface area (Å²) in [4.78, 5) is 10.8. The van der Waals surface area contributed by atoms with Crippen molar-refractivity contribution < 1.29 is 18.7 Å². The molecule has 0 unspecified atom stereocenters. The second-order valence-corrected chi connectivity index (χ2v) is 3.96. The second-order valence-electron chi connectivity index (χ2n) is 3.96. The molecule has 0 saturated carbocycles. The first-order chi connectivity index (χ1) is 8.50. The average molecular weight is 248 g/mol. The van der Waals surface area contributed by atoms with E-state index in [0.717, 1.165) is 11.6 Å². The first-order valence-corrected chi connectivity index (χ1v) is 5.29. The molecule has 0 fully saturated rings. The average Bonchev–Trinajstić information content (AvgIpc) is 2.30. The van der Waals surface area contributed by atoms with E-state index in [1.807, 2.05) is 6.92 Å². The van der Waals surface area contributed by atoms with E-state index in [2.05, 4.69) is 0 Å². The molecule has 0 bridgehead atoms. The van der Waals surface area contributed by atoms with Crippen LogP contribution in [0.25, 0.3) is 11.1 Å². The van der Waals surface area contributed by atoms with Gasteiger partial charge in [-0.05, 0) is 24.6 Å². The molecular weight excluding hydrogens is 238 g/mol. The minimum Gasteiger partial charge on any atom is -0.477 e. The molecule has 0 aliphatic carbocycles. The van der Waals surface area contributed by atoms with Gasteiger partial charge < -0.3 is 5.11 Å². The third kappa shape index (κ3) is 2.09. The summed E-state index contributed by atoms with van der Waals surface area (Å²) in [6, 6.07) is 9.08. The van der Waals surface area contributed by atoms with Crippen LogP contribution >= 0.6 is 0 Å². The van der Waals surface area contributed by atoms with Crippen LogP contribution < -0.4 is 0 Å². The lowest BCUT2D eigenvalue weighted by atomic mass is 10.0. The van der Waals surface area contributed by atoms with Crippen molar-refractivity contribution in [3.05, 3.63) is 59.2 Å². The van der Waals surface area contributed by atoms with Crippen LogP contribution in [0.1, 0.15) is 15.9 Å². The molecule has 0 amide bonds. The molecule has 2 rings (SSSR count). The quantitative estimate of drug-likeness (QED) is 0.880. The molecule has 2 nitrogen and oxygen atoms in total. The lowest BCUT2D eigenvalue weighted by molar-refractivity contribution is 0.0686. The normalized spacial score (nSPS) is 10.4. The van der Waals surface area contributed by atoms with Gasteiger partial charge >= 0.3 is 5.97 Å². The number of carboxylic acid groups (broad SMARTS) is 1. The number of rotatable bonds is 2. The van der Waals surface area contributed by atoms with Crippen LogP contribution in [0, 0.1) is 18.6 Å². The third-order valence-electron chi connectivity index (χ3n) is 2.67. The van der Waals surface area contributed by atoms with E-state index in [4.69, 9.17) is 5.11 Å². The summed E-state index contributed by atoms with van der Waals surface area (Å²) in [5, 5.41) is 8.78. The third-order valence-corrected chi connectivity index (χ3v) is 2.67. The van der Waals surface area contributed by atoms with Crippen molar-refractivity contribution in [3.8, 4) is 11.1 Å². The highest BCUT2D eigenvalue weighted by atomic mass is 19.1. The summed E-state index contributed by atoms with van der Waals surface area (Å²) in [6.07, 6.45) is 0. The zero-order valence-corrected chi connectivity index (χ0v) is 9.58. The van der Waals surface area contributed by atoms with Crippen LogP contribution in [0.3, 0.4) is 0 Å². The fourth-order valence-corrected chi connectivity index (χ4v) is 1.70. The zero-order valence-electron chi connectivity index (χ0n) is 9.58. The Balaban J connectivity index is 2.62. The summed E-state index contributed by atoms with van der Waals surface area (Å²) >= 11 is 0. The highest BCUT2D eigenvalue weighted by Gasteiger charge is 2.20. The SMILES string of the molecule is Cc1ccc(-c2ccc(F)c(C(=O)O)c2F)cc1. The lowest BCUT2D eigenvalue weighted by Crippen LogP contribution is -2.05. The number of carbonyl (C=O) groups is 1. The van der Waals surface area contributed by atoms with E-state index < -0.39 is 23.2 Å². The van der Waals surface area contributed by atoms with Crippen LogP contribution in [-0.2, 0) is 0 Å². The lowest BCUT2D eigenvalue weighted by Gasteiger charge is -2.07. The molecule has 0 aromatic heterocycles. The van der Waals surface area contributed by atoms with Gasteiger partial charge in [-0.15, -0.1) is 0 Å². The van der Waals surface area contributed by atoms with E-state index in [-0.39, 0.29) is 5.56 Å². The molecule has 1 N–H and O–H groups in total. The van der Waals surface area contributed by atoms with Crippen LogP contribution in [0.2, 0.25) is 0 Å². The van der Waals surface area contributed by atoms with E-state index in [0.29, 0.717) is 5.56 Å². The van der Waals surface area contributed by atoms with E-state index in [9.17, 15) is 13.6 Å². The first-order valence-electron chi connectivity index (χ1n) is 5.29. The molecule has 2 aromatic rings. The van der Waals surface area contributed by atoms with Gasteiger partial charge in [0.15, 0.2) is 0 Å². The molecule has 0 heterocycles. The number of halogens is 2. The number of benzene rings is 2. The number of hydrogen-bond acceptors (Lipinski definition) is 1. The van der Waals surface area contributed by atoms with Crippen molar-refractivity contribution >= 4 is 5.97 Å². The Morgan fingerprint density at radius 3 is 2.22 bits per heavy atom. The zero-order chi connectivity index (χ0) is 13.3. The van der Waals surface area contributed by atoms with Crippen molar-refractivity contribution in [2.24, 2.45) is 0 Å². The molecule has 0 atom stereocenters. The maximum Gasteiger partial charge on any atom is 0.341 e. The summed E-state index contributed by atoms with van der Waals surface area (Å²) < 4.78 is 27.2. The molecule has 0 aliphatic heterocycles. The topological polar surface area (TPSA) is 37.3 Å². The molecule has 0 saturated heterocycles. The standard InChI is InChI=1S/C14H10F2O2/c1-8-2-4-9(5-3-8)10-6-7-11(15)12(13(10)16)14(17)18/h2-7H,1H3,(H,17,18). The smallest absolute Gasteiger partial charge is 0.341 e. The van der Waals surface area contributed by atoms with Crippen LogP contribution in [-0.4, -0.2) is 11.1 Å². The summed E-state index contributed by atoms with van der Waals surface area (Å²) in [6.45, 7) is 1.88. The highest BCUT2D eigenvalue weighted by Crippen LogP contribution is 2.27. The molecular formula is C14H10F2O2. The minimum absolute atomic E-state index is 0.0776. The fraction of sp³-hybridized carbons (Fsp3) is 0.0714. The van der Waals surface area contributed by atoms with Gasteiger partial charge in [0.1, 0.15) is 17.2 Å². The molecule has 2 aromatic carbocycles. The fourth-order valence-electron chi connectivity index (χ4n) is 1.70. The molecule has 92 valence electrons. The van der Waals surface area contributed by atoms with Crippen LogP contribution in [0.15, 0.2) is 36.4 Å². The molecule has 0 radical (unpaired) electrons. The number of hydrogen-bond donors (Lipinski definition) is 1. The molecule has 0 spiro atoms. The Hall–Kier alpha value is -2.23. The number of aromatic carboxylic acids is 1. The van der Waals surface area contributed by atoms with Crippen LogP contribution in [0.4, 0.5) is 8.78 Å². The Morgan fingerprint density at radius 1 is 1.06 bits per heavy atom. The Bertz CT molecular complexity index is 604. The number of aryl methyl sites for hydroxylation is 1. The van der Waals surface area contributed by atoms with Crippen molar-refractivity contribution in [1.29, 1.82) is 0 Å². The van der Waals surface area contributed by atoms with Crippen molar-refractivity contribution in [1.82, 2.24) is 0 Å². The largest absolute Gasteiger partial charge is 0.477 e. The van der Waals surface area contributed by atoms with E-state index in [1.54, 1.807) is 24.3 Å². The maximum atomic E-state index is 13.9.